The fraction of sp³-hybridized carbons (Fsp3) is 0.0909. The van der Waals surface area contributed by atoms with Gasteiger partial charge in [-0.3, -0.25) is 9.78 Å². The minimum Gasteiger partial charge on any atom is -0.305 e. The number of rotatable bonds is 2. The van der Waals surface area contributed by atoms with E-state index in [1.165, 1.54) is 6.20 Å². The van der Waals surface area contributed by atoms with E-state index in [1.54, 1.807) is 30.6 Å². The second kappa shape index (κ2) is 4.48. The lowest BCUT2D eigenvalue weighted by molar-refractivity contribution is 0.102. The van der Waals surface area contributed by atoms with Crippen molar-refractivity contribution in [2.75, 3.05) is 5.32 Å². The smallest absolute Gasteiger partial charge is 0.277 e. The fourth-order valence-corrected chi connectivity index (χ4v) is 1.13. The molecule has 0 saturated carbocycles. The van der Waals surface area contributed by atoms with Crippen LogP contribution >= 0.6 is 0 Å². The highest BCUT2D eigenvalue weighted by Gasteiger charge is 2.07. The van der Waals surface area contributed by atoms with E-state index in [-0.39, 0.29) is 11.6 Å². The molecule has 0 aliphatic heterocycles. The highest BCUT2D eigenvalue weighted by Crippen LogP contribution is 2.02. The summed E-state index contributed by atoms with van der Waals surface area (Å²) < 4.78 is 0. The lowest BCUT2D eigenvalue weighted by Crippen LogP contribution is -2.14. The number of pyridine rings is 1. The summed E-state index contributed by atoms with van der Waals surface area (Å²) in [6, 6.07) is 5.28. The monoisotopic (exact) mass is 214 g/mol. The van der Waals surface area contributed by atoms with E-state index in [1.807, 2.05) is 6.92 Å². The zero-order chi connectivity index (χ0) is 11.4. The maximum Gasteiger partial charge on any atom is 0.277 e. The van der Waals surface area contributed by atoms with Gasteiger partial charge in [0.05, 0.1) is 11.9 Å². The van der Waals surface area contributed by atoms with Gasteiger partial charge < -0.3 is 5.32 Å². The molecule has 0 radical (unpaired) electrons. The molecule has 0 bridgehead atoms. The first-order chi connectivity index (χ1) is 7.75. The van der Waals surface area contributed by atoms with Crippen molar-refractivity contribution in [2.45, 2.75) is 6.92 Å². The second-order valence-corrected chi connectivity index (χ2v) is 3.21. The summed E-state index contributed by atoms with van der Waals surface area (Å²) in [6.07, 6.45) is 4.59. The molecule has 2 aromatic heterocycles. The highest BCUT2D eigenvalue weighted by molar-refractivity contribution is 6.02. The maximum absolute atomic E-state index is 11.7. The second-order valence-electron chi connectivity index (χ2n) is 3.21. The SMILES string of the molecule is Cc1cnc(C(=O)Nc2ccccn2)cn1. The normalized spacial score (nSPS) is 9.81. The van der Waals surface area contributed by atoms with Gasteiger partial charge in [-0.1, -0.05) is 6.07 Å². The van der Waals surface area contributed by atoms with Gasteiger partial charge in [0.2, 0.25) is 0 Å². The highest BCUT2D eigenvalue weighted by atomic mass is 16.1. The van der Waals surface area contributed by atoms with E-state index in [4.69, 9.17) is 0 Å². The molecule has 2 heterocycles. The Bertz CT molecular complexity index is 481. The van der Waals surface area contributed by atoms with Crippen LogP contribution in [0.2, 0.25) is 0 Å². The fourth-order valence-electron chi connectivity index (χ4n) is 1.13. The Hall–Kier alpha value is -2.30. The number of aryl methyl sites for hydroxylation is 1. The number of nitrogens with zero attached hydrogens (tertiary/aromatic N) is 3. The summed E-state index contributed by atoms with van der Waals surface area (Å²) in [4.78, 5) is 23.6. The molecule has 0 spiro atoms. The molecule has 0 aliphatic carbocycles. The van der Waals surface area contributed by atoms with E-state index in [0.29, 0.717) is 5.82 Å². The number of aromatic nitrogens is 3. The minimum atomic E-state index is -0.314. The van der Waals surface area contributed by atoms with Gasteiger partial charge in [0.1, 0.15) is 11.5 Å². The summed E-state index contributed by atoms with van der Waals surface area (Å²) in [6.45, 7) is 1.81. The predicted molar refractivity (Wildman–Crippen MR) is 59.0 cm³/mol. The van der Waals surface area contributed by atoms with Crippen LogP contribution in [-0.4, -0.2) is 20.9 Å². The maximum atomic E-state index is 11.7. The van der Waals surface area contributed by atoms with Gasteiger partial charge in [-0.25, -0.2) is 9.97 Å². The zero-order valence-electron chi connectivity index (χ0n) is 8.71. The topological polar surface area (TPSA) is 67.8 Å². The molecule has 0 aliphatic rings. The summed E-state index contributed by atoms with van der Waals surface area (Å²) in [5.41, 5.74) is 1.05. The molecule has 0 saturated heterocycles. The van der Waals surface area contributed by atoms with Crippen molar-refractivity contribution in [2.24, 2.45) is 0 Å². The van der Waals surface area contributed by atoms with E-state index in [9.17, 15) is 4.79 Å². The van der Waals surface area contributed by atoms with Crippen LogP contribution < -0.4 is 5.32 Å². The zero-order valence-corrected chi connectivity index (χ0v) is 8.71. The largest absolute Gasteiger partial charge is 0.305 e. The molecule has 1 amide bonds. The molecule has 2 aromatic rings. The first-order valence-electron chi connectivity index (χ1n) is 4.77. The van der Waals surface area contributed by atoms with E-state index >= 15 is 0 Å². The molecule has 5 heteroatoms. The molecule has 5 nitrogen and oxygen atoms in total. The minimum absolute atomic E-state index is 0.274. The summed E-state index contributed by atoms with van der Waals surface area (Å²) in [5, 5.41) is 2.63. The first-order valence-corrected chi connectivity index (χ1v) is 4.77. The average Bonchev–Trinajstić information content (AvgIpc) is 2.31. The number of hydrogen-bond acceptors (Lipinski definition) is 4. The third-order valence-corrected chi connectivity index (χ3v) is 1.92. The van der Waals surface area contributed by atoms with Crippen LogP contribution in [0.1, 0.15) is 16.2 Å². The molecular weight excluding hydrogens is 204 g/mol. The molecule has 0 aromatic carbocycles. The number of amides is 1. The van der Waals surface area contributed by atoms with Crippen molar-refractivity contribution in [3.63, 3.8) is 0 Å². The van der Waals surface area contributed by atoms with Crippen molar-refractivity contribution in [3.8, 4) is 0 Å². The van der Waals surface area contributed by atoms with Gasteiger partial charge in [-0.05, 0) is 19.1 Å². The lowest BCUT2D eigenvalue weighted by atomic mass is 10.4. The van der Waals surface area contributed by atoms with Gasteiger partial charge >= 0.3 is 0 Å². The van der Waals surface area contributed by atoms with Crippen molar-refractivity contribution in [1.29, 1.82) is 0 Å². The molecule has 2 rings (SSSR count). The predicted octanol–water partition coefficient (Wildman–Crippen LogP) is 1.43. The Kier molecular flexibility index (Phi) is 2.86. The third-order valence-electron chi connectivity index (χ3n) is 1.92. The number of carbonyl (C=O) groups is 1. The van der Waals surface area contributed by atoms with Crippen molar-refractivity contribution >= 4 is 11.7 Å². The van der Waals surface area contributed by atoms with Crippen molar-refractivity contribution in [1.82, 2.24) is 15.0 Å². The molecular formula is C11H10N4O. The van der Waals surface area contributed by atoms with Crippen LogP contribution in [0.5, 0.6) is 0 Å². The molecule has 1 N–H and O–H groups in total. The first kappa shape index (κ1) is 10.2. The van der Waals surface area contributed by atoms with Crippen LogP contribution in [0.4, 0.5) is 5.82 Å². The van der Waals surface area contributed by atoms with Crippen LogP contribution in [0, 0.1) is 6.92 Å². The van der Waals surface area contributed by atoms with Crippen LogP contribution in [0.3, 0.4) is 0 Å². The van der Waals surface area contributed by atoms with Crippen LogP contribution in [0.15, 0.2) is 36.8 Å². The summed E-state index contributed by atoms with van der Waals surface area (Å²) in [7, 11) is 0. The van der Waals surface area contributed by atoms with Gasteiger partial charge in [-0.2, -0.15) is 0 Å². The molecule has 80 valence electrons. The molecule has 0 fully saturated rings. The molecule has 0 unspecified atom stereocenters. The van der Waals surface area contributed by atoms with Gasteiger partial charge in [0.15, 0.2) is 0 Å². The number of hydrogen-bond donors (Lipinski definition) is 1. The van der Waals surface area contributed by atoms with Crippen LogP contribution in [-0.2, 0) is 0 Å². The Morgan fingerprint density at radius 3 is 2.69 bits per heavy atom. The quantitative estimate of drug-likeness (QED) is 0.821. The van der Waals surface area contributed by atoms with Gasteiger partial charge in [-0.15, -0.1) is 0 Å². The Labute approximate surface area is 92.6 Å². The Morgan fingerprint density at radius 1 is 1.19 bits per heavy atom. The number of carbonyl (C=O) groups excluding carboxylic acids is 1. The van der Waals surface area contributed by atoms with E-state index in [2.05, 4.69) is 20.3 Å². The van der Waals surface area contributed by atoms with E-state index < -0.39 is 0 Å². The molecule has 16 heavy (non-hydrogen) atoms. The third kappa shape index (κ3) is 2.38. The lowest BCUT2D eigenvalue weighted by Gasteiger charge is -2.02. The average molecular weight is 214 g/mol. The van der Waals surface area contributed by atoms with Gasteiger partial charge in [0, 0.05) is 12.4 Å². The standard InChI is InChI=1S/C11H10N4O/c1-8-6-14-9(7-13-8)11(16)15-10-4-2-3-5-12-10/h2-7H,1H3,(H,12,15,16). The summed E-state index contributed by atoms with van der Waals surface area (Å²) >= 11 is 0. The molecule has 0 atom stereocenters. The number of anilines is 1. The van der Waals surface area contributed by atoms with Crippen molar-refractivity contribution < 1.29 is 4.79 Å². The van der Waals surface area contributed by atoms with Gasteiger partial charge in [0.25, 0.3) is 5.91 Å². The Morgan fingerprint density at radius 2 is 2.06 bits per heavy atom. The Balaban J connectivity index is 2.12. The van der Waals surface area contributed by atoms with Crippen molar-refractivity contribution in [3.05, 3.63) is 48.2 Å². The van der Waals surface area contributed by atoms with Crippen LogP contribution in [0.25, 0.3) is 0 Å². The van der Waals surface area contributed by atoms with E-state index in [0.717, 1.165) is 5.69 Å². The summed E-state index contributed by atoms with van der Waals surface area (Å²) in [5.74, 6) is 0.182. The number of nitrogens with one attached hydrogen (secondary N) is 1.